The summed E-state index contributed by atoms with van der Waals surface area (Å²) in [5.74, 6) is 0. The molecule has 0 saturated carbocycles. The molecule has 0 aromatic heterocycles. The Morgan fingerprint density at radius 3 is 1.21 bits per heavy atom. The summed E-state index contributed by atoms with van der Waals surface area (Å²) in [6.45, 7) is 23.7. The minimum absolute atomic E-state index is 0.143. The lowest BCUT2D eigenvalue weighted by molar-refractivity contribution is -0.549. The van der Waals surface area contributed by atoms with Crippen LogP contribution in [0.4, 0.5) is 0 Å². The number of ether oxygens (including phenoxy) is 6. The second kappa shape index (κ2) is 12.4. The SMILES string of the molecule is CCC1(COCCC[Si](C)(C)C)COC2(OC1)OCC(CC)(COCCC[Si](C)(C)C)CO2. The first-order valence-electron chi connectivity index (χ1n) is 13.1. The van der Waals surface area contributed by atoms with Gasteiger partial charge in [-0.15, -0.1) is 0 Å². The lowest BCUT2D eigenvalue weighted by Gasteiger charge is -2.49. The molecule has 0 aliphatic carbocycles. The van der Waals surface area contributed by atoms with Gasteiger partial charge in [0.15, 0.2) is 0 Å². The third-order valence-electron chi connectivity index (χ3n) is 6.97. The fraction of sp³-hybridized carbons (Fsp3) is 1.00. The Morgan fingerprint density at radius 2 is 0.939 bits per heavy atom. The summed E-state index contributed by atoms with van der Waals surface area (Å²) in [5, 5.41) is 0. The van der Waals surface area contributed by atoms with Crippen LogP contribution in [0, 0.1) is 10.8 Å². The van der Waals surface area contributed by atoms with Crippen molar-refractivity contribution in [2.75, 3.05) is 52.9 Å². The van der Waals surface area contributed by atoms with E-state index >= 15 is 0 Å². The molecule has 0 aromatic rings. The minimum Gasteiger partial charge on any atom is -0.381 e. The van der Waals surface area contributed by atoms with E-state index in [-0.39, 0.29) is 10.8 Å². The molecule has 2 fully saturated rings. The van der Waals surface area contributed by atoms with E-state index in [1.807, 2.05) is 0 Å². The van der Waals surface area contributed by atoms with Crippen LogP contribution in [-0.2, 0) is 28.4 Å². The van der Waals surface area contributed by atoms with Gasteiger partial charge in [0.05, 0.1) is 39.6 Å². The molecule has 6 nitrogen and oxygen atoms in total. The summed E-state index contributed by atoms with van der Waals surface area (Å²) in [7, 11) is -2.01. The molecule has 2 rings (SSSR count). The van der Waals surface area contributed by atoms with Crippen LogP contribution >= 0.6 is 0 Å². The molecule has 0 amide bonds. The second-order valence-corrected chi connectivity index (χ2v) is 24.0. The van der Waals surface area contributed by atoms with Crippen LogP contribution in [-0.4, -0.2) is 75.2 Å². The monoisotopic (exact) mass is 504 g/mol. The molecule has 0 atom stereocenters. The van der Waals surface area contributed by atoms with Gasteiger partial charge in [0.1, 0.15) is 0 Å². The van der Waals surface area contributed by atoms with Crippen LogP contribution in [0.3, 0.4) is 0 Å². The normalized spacial score (nSPS) is 31.3. The Bertz CT molecular complexity index is 503. The van der Waals surface area contributed by atoms with Gasteiger partial charge in [0.2, 0.25) is 0 Å². The van der Waals surface area contributed by atoms with Crippen LogP contribution in [0.5, 0.6) is 0 Å². The molecule has 2 aliphatic rings. The molecular weight excluding hydrogens is 452 g/mol. The first-order chi connectivity index (χ1) is 15.4. The van der Waals surface area contributed by atoms with E-state index in [1.165, 1.54) is 12.1 Å². The van der Waals surface area contributed by atoms with Crippen molar-refractivity contribution in [3.8, 4) is 0 Å². The van der Waals surface area contributed by atoms with Crippen LogP contribution < -0.4 is 0 Å². The third kappa shape index (κ3) is 9.99. The maximum absolute atomic E-state index is 6.07. The average Bonchev–Trinajstić information content (AvgIpc) is 2.75. The van der Waals surface area contributed by atoms with Crippen molar-refractivity contribution in [3.63, 3.8) is 0 Å². The van der Waals surface area contributed by atoms with Gasteiger partial charge < -0.3 is 28.4 Å². The number of hydrogen-bond donors (Lipinski definition) is 0. The molecule has 2 saturated heterocycles. The largest absolute Gasteiger partial charge is 0.412 e. The number of hydrogen-bond acceptors (Lipinski definition) is 6. The Labute approximate surface area is 205 Å². The predicted octanol–water partition coefficient (Wildman–Crippen LogP) is 5.97. The first-order valence-corrected chi connectivity index (χ1v) is 20.5. The smallest absolute Gasteiger partial charge is 0.381 e. The lowest BCUT2D eigenvalue weighted by Crippen LogP contribution is -2.59. The van der Waals surface area contributed by atoms with Crippen molar-refractivity contribution in [2.24, 2.45) is 10.8 Å². The van der Waals surface area contributed by atoms with Crippen molar-refractivity contribution < 1.29 is 28.4 Å². The molecular formula is C25H52O6Si2. The van der Waals surface area contributed by atoms with Gasteiger partial charge in [-0.3, -0.25) is 0 Å². The third-order valence-corrected chi connectivity index (χ3v) is 10.7. The van der Waals surface area contributed by atoms with E-state index in [0.717, 1.165) is 38.9 Å². The maximum atomic E-state index is 6.07. The predicted molar refractivity (Wildman–Crippen MR) is 139 cm³/mol. The van der Waals surface area contributed by atoms with Crippen molar-refractivity contribution in [1.29, 1.82) is 0 Å². The van der Waals surface area contributed by atoms with E-state index in [0.29, 0.717) is 39.6 Å². The fourth-order valence-corrected chi connectivity index (χ4v) is 6.47. The van der Waals surface area contributed by atoms with E-state index in [9.17, 15) is 0 Å². The highest BCUT2D eigenvalue weighted by molar-refractivity contribution is 6.76. The average molecular weight is 505 g/mol. The first kappa shape index (κ1) is 29.4. The molecule has 0 bridgehead atoms. The van der Waals surface area contributed by atoms with Crippen molar-refractivity contribution >= 4 is 16.1 Å². The molecule has 33 heavy (non-hydrogen) atoms. The summed E-state index contributed by atoms with van der Waals surface area (Å²) in [6, 6.07) is 2.59. The van der Waals surface area contributed by atoms with Gasteiger partial charge in [-0.2, -0.15) is 0 Å². The second-order valence-electron chi connectivity index (χ2n) is 12.8. The van der Waals surface area contributed by atoms with E-state index in [2.05, 4.69) is 53.1 Å². The van der Waals surface area contributed by atoms with Gasteiger partial charge in [0, 0.05) is 40.2 Å². The van der Waals surface area contributed by atoms with E-state index < -0.39 is 22.3 Å². The standard InChI is InChI=1S/C25H52O6Si2/c1-9-23(17-26-13-11-15-32(3,4)5)19-28-25(29-20-23)30-21-24(10-2,22-31-25)18-27-14-12-16-33(6,7)8/h9-22H2,1-8H3. The highest BCUT2D eigenvalue weighted by Gasteiger charge is 2.52. The van der Waals surface area contributed by atoms with Gasteiger partial charge in [-0.25, -0.2) is 0 Å². The van der Waals surface area contributed by atoms with Gasteiger partial charge >= 0.3 is 6.16 Å². The Hall–Kier alpha value is 0.194. The summed E-state index contributed by atoms with van der Waals surface area (Å²) in [4.78, 5) is 0. The van der Waals surface area contributed by atoms with Crippen molar-refractivity contribution in [1.82, 2.24) is 0 Å². The molecule has 8 heteroatoms. The van der Waals surface area contributed by atoms with Crippen LogP contribution in [0.25, 0.3) is 0 Å². The zero-order chi connectivity index (χ0) is 24.6. The molecule has 196 valence electrons. The molecule has 2 heterocycles. The summed E-state index contributed by atoms with van der Waals surface area (Å²) >= 11 is 0. The summed E-state index contributed by atoms with van der Waals surface area (Å²) in [5.41, 5.74) is -0.286. The Morgan fingerprint density at radius 1 is 0.606 bits per heavy atom. The topological polar surface area (TPSA) is 55.4 Å². The Balaban J connectivity index is 1.74. The van der Waals surface area contributed by atoms with Crippen LogP contribution in [0.1, 0.15) is 39.5 Å². The molecule has 0 aromatic carbocycles. The van der Waals surface area contributed by atoms with E-state index in [4.69, 9.17) is 28.4 Å². The van der Waals surface area contributed by atoms with Crippen LogP contribution in [0.15, 0.2) is 0 Å². The minimum atomic E-state index is -1.37. The van der Waals surface area contributed by atoms with Gasteiger partial charge in [0.25, 0.3) is 0 Å². The highest BCUT2D eigenvalue weighted by Crippen LogP contribution is 2.40. The van der Waals surface area contributed by atoms with Crippen molar-refractivity contribution in [3.05, 3.63) is 0 Å². The Kier molecular flexibility index (Phi) is 11.1. The van der Waals surface area contributed by atoms with Crippen molar-refractivity contribution in [2.45, 2.75) is 97.1 Å². The molecule has 1 spiro atoms. The molecule has 2 aliphatic heterocycles. The molecule has 0 unspecified atom stereocenters. The zero-order valence-electron chi connectivity index (χ0n) is 22.8. The van der Waals surface area contributed by atoms with E-state index in [1.54, 1.807) is 0 Å². The zero-order valence-corrected chi connectivity index (χ0v) is 24.8. The number of rotatable bonds is 14. The van der Waals surface area contributed by atoms with Crippen LogP contribution in [0.2, 0.25) is 51.4 Å². The van der Waals surface area contributed by atoms with Gasteiger partial charge in [-0.05, 0) is 25.7 Å². The lowest BCUT2D eigenvalue weighted by atomic mass is 9.86. The quantitative estimate of drug-likeness (QED) is 0.214. The summed E-state index contributed by atoms with van der Waals surface area (Å²) in [6.07, 6.45) is 2.76. The molecule has 0 radical (unpaired) electrons. The highest BCUT2D eigenvalue weighted by atomic mass is 28.3. The fourth-order valence-electron chi connectivity index (χ4n) is 4.06. The van der Waals surface area contributed by atoms with Gasteiger partial charge in [-0.1, -0.05) is 65.2 Å². The summed E-state index contributed by atoms with van der Waals surface area (Å²) < 4.78 is 36.3. The molecule has 0 N–H and O–H groups in total. The maximum Gasteiger partial charge on any atom is 0.412 e.